The van der Waals surface area contributed by atoms with Gasteiger partial charge in [0, 0.05) is 36.6 Å². The van der Waals surface area contributed by atoms with Gasteiger partial charge in [-0.2, -0.15) is 5.10 Å². The summed E-state index contributed by atoms with van der Waals surface area (Å²) in [5.74, 6) is 1.40. The number of aromatic amines is 1. The quantitative estimate of drug-likeness (QED) is 0.551. The van der Waals surface area contributed by atoms with Gasteiger partial charge in [0.1, 0.15) is 5.69 Å². The molecule has 2 N–H and O–H groups in total. The number of hydrogen-bond acceptors (Lipinski definition) is 5. The van der Waals surface area contributed by atoms with Crippen LogP contribution in [0.15, 0.2) is 48.8 Å². The number of aromatic nitrogens is 4. The lowest BCUT2D eigenvalue weighted by atomic mass is 9.81. The minimum Gasteiger partial charge on any atom is -0.338 e. The van der Waals surface area contributed by atoms with E-state index in [9.17, 15) is 4.79 Å². The fourth-order valence-corrected chi connectivity index (χ4v) is 4.02. The van der Waals surface area contributed by atoms with Crippen LogP contribution in [0.1, 0.15) is 30.3 Å². The van der Waals surface area contributed by atoms with Crippen molar-refractivity contribution in [3.63, 3.8) is 0 Å². The summed E-state index contributed by atoms with van der Waals surface area (Å²) in [5, 5.41) is 13.3. The van der Waals surface area contributed by atoms with Crippen molar-refractivity contribution in [3.05, 3.63) is 54.5 Å². The zero-order chi connectivity index (χ0) is 20.0. The molecule has 7 nitrogen and oxygen atoms in total. The number of H-pyrrole nitrogens is 1. The third-order valence-corrected chi connectivity index (χ3v) is 5.78. The van der Waals surface area contributed by atoms with E-state index in [0.717, 1.165) is 46.2 Å². The summed E-state index contributed by atoms with van der Waals surface area (Å²) in [4.78, 5) is 23.5. The molecule has 1 saturated carbocycles. The molecule has 1 aliphatic rings. The summed E-state index contributed by atoms with van der Waals surface area (Å²) in [7, 11) is 1.88. The Morgan fingerprint density at radius 3 is 2.83 bits per heavy atom. The van der Waals surface area contributed by atoms with Gasteiger partial charge in [-0.05, 0) is 60.5 Å². The van der Waals surface area contributed by atoms with Crippen LogP contribution in [0.4, 0.5) is 11.5 Å². The molecule has 0 radical (unpaired) electrons. The lowest BCUT2D eigenvalue weighted by Gasteiger charge is -2.39. The maximum absolute atomic E-state index is 13.0. The zero-order valence-electron chi connectivity index (χ0n) is 16.4. The number of hydrogen-bond donors (Lipinski definition) is 2. The molecule has 1 aliphatic carbocycles. The summed E-state index contributed by atoms with van der Waals surface area (Å²) in [5.41, 5.74) is 2.13. The van der Waals surface area contributed by atoms with E-state index in [4.69, 9.17) is 0 Å². The van der Waals surface area contributed by atoms with Crippen LogP contribution in [0.25, 0.3) is 21.8 Å². The zero-order valence-corrected chi connectivity index (χ0v) is 16.4. The Bertz CT molecular complexity index is 1210. The van der Waals surface area contributed by atoms with E-state index in [-0.39, 0.29) is 5.91 Å². The molecular formula is C22H22N6O. The summed E-state index contributed by atoms with van der Waals surface area (Å²) >= 11 is 0. The third kappa shape index (κ3) is 3.08. The maximum Gasteiger partial charge on any atom is 0.273 e. The van der Waals surface area contributed by atoms with Crippen molar-refractivity contribution in [2.45, 2.75) is 25.8 Å². The Morgan fingerprint density at radius 1 is 1.14 bits per heavy atom. The van der Waals surface area contributed by atoms with E-state index in [1.807, 2.05) is 48.3 Å². The first-order valence-electron chi connectivity index (χ1n) is 9.82. The van der Waals surface area contributed by atoms with Gasteiger partial charge in [-0.25, -0.2) is 4.98 Å². The molecule has 5 rings (SSSR count). The van der Waals surface area contributed by atoms with Gasteiger partial charge in [-0.3, -0.25) is 14.9 Å². The van der Waals surface area contributed by atoms with Crippen LogP contribution in [0.3, 0.4) is 0 Å². The molecular weight excluding hydrogens is 364 g/mol. The first-order valence-corrected chi connectivity index (χ1v) is 9.82. The van der Waals surface area contributed by atoms with Gasteiger partial charge in [-0.15, -0.1) is 0 Å². The Balaban J connectivity index is 1.45. The first-order chi connectivity index (χ1) is 14.1. The van der Waals surface area contributed by atoms with Gasteiger partial charge >= 0.3 is 0 Å². The molecule has 3 aromatic heterocycles. The van der Waals surface area contributed by atoms with Crippen molar-refractivity contribution in [2.75, 3.05) is 12.4 Å². The normalized spacial score (nSPS) is 18.6. The Labute approximate surface area is 168 Å². The van der Waals surface area contributed by atoms with E-state index < -0.39 is 0 Å². The minimum absolute atomic E-state index is 0.0161. The molecule has 3 heterocycles. The Morgan fingerprint density at radius 2 is 2.00 bits per heavy atom. The van der Waals surface area contributed by atoms with Crippen molar-refractivity contribution < 1.29 is 4.79 Å². The van der Waals surface area contributed by atoms with E-state index in [2.05, 4.69) is 32.4 Å². The molecule has 1 amide bonds. The van der Waals surface area contributed by atoms with E-state index >= 15 is 0 Å². The fraction of sp³-hybridized carbons (Fsp3) is 0.273. The lowest BCUT2D eigenvalue weighted by molar-refractivity contribution is 0.0567. The van der Waals surface area contributed by atoms with Gasteiger partial charge in [0.05, 0.1) is 5.39 Å². The lowest BCUT2D eigenvalue weighted by Crippen LogP contribution is -2.45. The molecule has 4 aromatic rings. The number of fused-ring (bicyclic) bond motifs is 2. The van der Waals surface area contributed by atoms with Crippen LogP contribution in [0.5, 0.6) is 0 Å². The molecule has 1 aromatic carbocycles. The second kappa shape index (κ2) is 6.84. The molecule has 1 fully saturated rings. The third-order valence-electron chi connectivity index (χ3n) is 5.78. The summed E-state index contributed by atoms with van der Waals surface area (Å²) in [6.07, 6.45) is 5.55. The van der Waals surface area contributed by atoms with Crippen molar-refractivity contribution in [1.82, 2.24) is 25.1 Å². The Kier molecular flexibility index (Phi) is 4.16. The number of benzene rings is 1. The van der Waals surface area contributed by atoms with Crippen LogP contribution in [-0.4, -0.2) is 44.1 Å². The van der Waals surface area contributed by atoms with Gasteiger partial charge in [0.15, 0.2) is 11.5 Å². The number of nitrogens with one attached hydrogen (secondary N) is 2. The number of carbonyl (C=O) groups excluding carboxylic acids is 1. The van der Waals surface area contributed by atoms with E-state index in [1.165, 1.54) is 0 Å². The molecule has 0 bridgehead atoms. The molecule has 0 saturated heterocycles. The van der Waals surface area contributed by atoms with Crippen LogP contribution in [0.2, 0.25) is 0 Å². The van der Waals surface area contributed by atoms with Crippen LogP contribution in [0, 0.1) is 5.92 Å². The first kappa shape index (κ1) is 17.6. The van der Waals surface area contributed by atoms with Gasteiger partial charge in [0.25, 0.3) is 5.91 Å². The summed E-state index contributed by atoms with van der Waals surface area (Å²) < 4.78 is 0. The highest BCUT2D eigenvalue weighted by Crippen LogP contribution is 2.32. The fourth-order valence-electron chi connectivity index (χ4n) is 4.02. The Hall–Kier alpha value is -3.48. The van der Waals surface area contributed by atoms with Crippen LogP contribution >= 0.6 is 0 Å². The topological polar surface area (TPSA) is 86.8 Å². The van der Waals surface area contributed by atoms with Crippen molar-refractivity contribution >= 4 is 39.2 Å². The monoisotopic (exact) mass is 386 g/mol. The maximum atomic E-state index is 13.0. The average molecular weight is 386 g/mol. The van der Waals surface area contributed by atoms with Crippen LogP contribution in [-0.2, 0) is 0 Å². The van der Waals surface area contributed by atoms with Gasteiger partial charge in [0.2, 0.25) is 0 Å². The smallest absolute Gasteiger partial charge is 0.273 e. The highest BCUT2D eigenvalue weighted by molar-refractivity contribution is 6.06. The molecule has 0 spiro atoms. The second-order valence-corrected chi connectivity index (χ2v) is 7.84. The summed E-state index contributed by atoms with van der Waals surface area (Å²) in [6.45, 7) is 2.22. The van der Waals surface area contributed by atoms with Gasteiger partial charge < -0.3 is 10.2 Å². The predicted octanol–water partition coefficient (Wildman–Crippen LogP) is 4.12. The highest BCUT2D eigenvalue weighted by atomic mass is 16.2. The summed E-state index contributed by atoms with van der Waals surface area (Å²) in [6, 6.07) is 12.0. The van der Waals surface area contributed by atoms with Crippen molar-refractivity contribution in [2.24, 2.45) is 5.92 Å². The number of amides is 1. The van der Waals surface area contributed by atoms with Gasteiger partial charge in [-0.1, -0.05) is 6.92 Å². The number of carbonyl (C=O) groups is 1. The number of anilines is 2. The van der Waals surface area contributed by atoms with Crippen molar-refractivity contribution in [3.8, 4) is 0 Å². The van der Waals surface area contributed by atoms with E-state index in [1.54, 1.807) is 12.4 Å². The SMILES string of the molecule is CC1CC(N(C)C(=O)c2nccc3cc(Nc4n[nH]c5ncccc45)ccc23)C1. The van der Waals surface area contributed by atoms with Crippen LogP contribution < -0.4 is 5.32 Å². The molecule has 0 atom stereocenters. The number of pyridine rings is 2. The standard InChI is InChI=1S/C22H22N6O/c1-13-10-16(11-13)28(2)22(29)19-17-6-5-15(12-14(17)7-9-23-19)25-21-18-4-3-8-24-20(18)26-27-21/h3-9,12-13,16H,10-11H2,1-2H3,(H2,24,25,26,27). The molecule has 29 heavy (non-hydrogen) atoms. The molecule has 0 aliphatic heterocycles. The number of rotatable bonds is 4. The minimum atomic E-state index is -0.0161. The van der Waals surface area contributed by atoms with E-state index in [0.29, 0.717) is 17.7 Å². The molecule has 146 valence electrons. The second-order valence-electron chi connectivity index (χ2n) is 7.84. The predicted molar refractivity (Wildman–Crippen MR) is 113 cm³/mol. The molecule has 0 unspecified atom stereocenters. The molecule has 7 heteroatoms. The average Bonchev–Trinajstić information content (AvgIpc) is 3.13. The highest BCUT2D eigenvalue weighted by Gasteiger charge is 2.32. The number of nitrogens with zero attached hydrogens (tertiary/aromatic N) is 4. The van der Waals surface area contributed by atoms with Crippen molar-refractivity contribution in [1.29, 1.82) is 0 Å². The largest absolute Gasteiger partial charge is 0.338 e.